The van der Waals surface area contributed by atoms with Crippen molar-refractivity contribution < 1.29 is 14.3 Å². The molecule has 0 saturated heterocycles. The van der Waals surface area contributed by atoms with Crippen LogP contribution in [0.3, 0.4) is 0 Å². The van der Waals surface area contributed by atoms with Crippen LogP contribution >= 0.6 is 11.6 Å². The van der Waals surface area contributed by atoms with Crippen LogP contribution in [0.1, 0.15) is 12.5 Å². The summed E-state index contributed by atoms with van der Waals surface area (Å²) in [5.41, 5.74) is 1.01. The summed E-state index contributed by atoms with van der Waals surface area (Å²) in [5, 5.41) is 5.57. The molecule has 26 heavy (non-hydrogen) atoms. The molecule has 0 aliphatic carbocycles. The minimum absolute atomic E-state index is 0.195. The Hall–Kier alpha value is -2.72. The predicted octanol–water partition coefficient (Wildman–Crippen LogP) is 4.59. The first-order chi connectivity index (χ1) is 12.6. The number of methoxy groups -OCH3 is 1. The van der Waals surface area contributed by atoms with Gasteiger partial charge in [0.25, 0.3) is 5.91 Å². The predicted molar refractivity (Wildman–Crippen MR) is 104 cm³/mol. The van der Waals surface area contributed by atoms with Crippen molar-refractivity contribution in [1.29, 1.82) is 0 Å². The lowest BCUT2D eigenvalue weighted by Gasteiger charge is -2.15. The fraction of sp³-hybridized carbons (Fsp3) is 0.190. The van der Waals surface area contributed by atoms with Crippen LogP contribution in [0, 0.1) is 0 Å². The van der Waals surface area contributed by atoms with E-state index in [1.807, 2.05) is 42.5 Å². The van der Waals surface area contributed by atoms with Crippen molar-refractivity contribution in [2.75, 3.05) is 7.11 Å². The van der Waals surface area contributed by atoms with Gasteiger partial charge in [-0.05, 0) is 53.6 Å². The molecule has 0 aliphatic rings. The SMILES string of the molecule is COc1ccc2cc(CNC(=O)C(C)Oc3ccccc3Cl)ccc2c1. The van der Waals surface area contributed by atoms with Crippen LogP contribution < -0.4 is 14.8 Å². The number of hydrogen-bond donors (Lipinski definition) is 1. The van der Waals surface area contributed by atoms with Gasteiger partial charge in [-0.25, -0.2) is 0 Å². The summed E-state index contributed by atoms with van der Waals surface area (Å²) in [4.78, 5) is 12.3. The molecule has 3 aromatic rings. The molecule has 4 nitrogen and oxygen atoms in total. The Labute approximate surface area is 157 Å². The molecule has 0 heterocycles. The van der Waals surface area contributed by atoms with E-state index in [2.05, 4.69) is 11.4 Å². The van der Waals surface area contributed by atoms with Crippen LogP contribution in [-0.4, -0.2) is 19.1 Å². The summed E-state index contributed by atoms with van der Waals surface area (Å²) in [6, 6.07) is 19.1. The van der Waals surface area contributed by atoms with E-state index in [-0.39, 0.29) is 5.91 Å². The molecule has 3 rings (SSSR count). The second-order valence-corrected chi connectivity index (χ2v) is 6.36. The normalized spacial score (nSPS) is 11.8. The molecule has 134 valence electrons. The lowest BCUT2D eigenvalue weighted by atomic mass is 10.1. The molecular weight excluding hydrogens is 350 g/mol. The zero-order valence-electron chi connectivity index (χ0n) is 14.7. The summed E-state index contributed by atoms with van der Waals surface area (Å²) in [7, 11) is 1.65. The highest BCUT2D eigenvalue weighted by Crippen LogP contribution is 2.24. The zero-order valence-corrected chi connectivity index (χ0v) is 15.4. The second-order valence-electron chi connectivity index (χ2n) is 5.96. The number of amides is 1. The summed E-state index contributed by atoms with van der Waals surface area (Å²) < 4.78 is 10.9. The van der Waals surface area contributed by atoms with E-state index < -0.39 is 6.10 Å². The monoisotopic (exact) mass is 369 g/mol. The number of carbonyl (C=O) groups excluding carboxylic acids is 1. The number of hydrogen-bond acceptors (Lipinski definition) is 3. The van der Waals surface area contributed by atoms with Crippen molar-refractivity contribution in [3.8, 4) is 11.5 Å². The van der Waals surface area contributed by atoms with Crippen molar-refractivity contribution in [2.45, 2.75) is 19.6 Å². The second kappa shape index (κ2) is 8.11. The highest BCUT2D eigenvalue weighted by Gasteiger charge is 2.15. The molecule has 0 aliphatic heterocycles. The van der Waals surface area contributed by atoms with Gasteiger partial charge in [0, 0.05) is 6.54 Å². The van der Waals surface area contributed by atoms with Crippen molar-refractivity contribution in [1.82, 2.24) is 5.32 Å². The van der Waals surface area contributed by atoms with Crippen LogP contribution in [0.25, 0.3) is 10.8 Å². The first kappa shape index (κ1) is 18.1. The van der Waals surface area contributed by atoms with E-state index in [0.29, 0.717) is 17.3 Å². The Morgan fingerprint density at radius 2 is 1.81 bits per heavy atom. The number of fused-ring (bicyclic) bond motifs is 1. The number of para-hydroxylation sites is 1. The number of rotatable bonds is 6. The summed E-state index contributed by atoms with van der Waals surface area (Å²) in [6.45, 7) is 2.13. The van der Waals surface area contributed by atoms with E-state index in [1.165, 1.54) is 0 Å². The summed E-state index contributed by atoms with van der Waals surface area (Å²) in [6.07, 6.45) is -0.639. The maximum absolute atomic E-state index is 12.3. The average Bonchev–Trinajstić information content (AvgIpc) is 2.67. The third kappa shape index (κ3) is 4.27. The van der Waals surface area contributed by atoms with Crippen LogP contribution in [0.4, 0.5) is 0 Å². The average molecular weight is 370 g/mol. The topological polar surface area (TPSA) is 47.6 Å². The van der Waals surface area contributed by atoms with Gasteiger partial charge in [0.05, 0.1) is 12.1 Å². The van der Waals surface area contributed by atoms with Gasteiger partial charge >= 0.3 is 0 Å². The van der Waals surface area contributed by atoms with E-state index in [1.54, 1.807) is 26.2 Å². The Morgan fingerprint density at radius 1 is 1.08 bits per heavy atom. The van der Waals surface area contributed by atoms with Crippen LogP contribution in [-0.2, 0) is 11.3 Å². The molecule has 0 bridgehead atoms. The van der Waals surface area contributed by atoms with E-state index in [0.717, 1.165) is 22.1 Å². The number of halogens is 1. The van der Waals surface area contributed by atoms with Crippen LogP contribution in [0.2, 0.25) is 5.02 Å². The lowest BCUT2D eigenvalue weighted by Crippen LogP contribution is -2.35. The molecule has 1 amide bonds. The molecule has 0 radical (unpaired) electrons. The van der Waals surface area contributed by atoms with E-state index in [4.69, 9.17) is 21.1 Å². The number of nitrogens with one attached hydrogen (secondary N) is 1. The Morgan fingerprint density at radius 3 is 2.58 bits per heavy atom. The van der Waals surface area contributed by atoms with Gasteiger partial charge in [0.1, 0.15) is 11.5 Å². The van der Waals surface area contributed by atoms with Crippen LogP contribution in [0.15, 0.2) is 60.7 Å². The van der Waals surface area contributed by atoms with Crippen LogP contribution in [0.5, 0.6) is 11.5 Å². The molecule has 3 aromatic carbocycles. The van der Waals surface area contributed by atoms with Gasteiger partial charge in [0.15, 0.2) is 6.10 Å². The highest BCUT2D eigenvalue weighted by atomic mass is 35.5. The molecule has 5 heteroatoms. The number of ether oxygens (including phenoxy) is 2. The number of benzene rings is 3. The molecule has 0 fully saturated rings. The molecule has 0 aromatic heterocycles. The molecule has 0 saturated carbocycles. The quantitative estimate of drug-likeness (QED) is 0.691. The first-order valence-electron chi connectivity index (χ1n) is 8.32. The smallest absolute Gasteiger partial charge is 0.261 e. The first-order valence-corrected chi connectivity index (χ1v) is 8.70. The Bertz CT molecular complexity index is 926. The summed E-state index contributed by atoms with van der Waals surface area (Å²) in [5.74, 6) is 1.13. The fourth-order valence-electron chi connectivity index (χ4n) is 2.63. The van der Waals surface area contributed by atoms with E-state index >= 15 is 0 Å². The molecule has 1 unspecified atom stereocenters. The summed E-state index contributed by atoms with van der Waals surface area (Å²) >= 11 is 6.06. The Balaban J connectivity index is 1.61. The number of carbonyl (C=O) groups is 1. The molecular formula is C21H20ClNO3. The van der Waals surface area contributed by atoms with Gasteiger partial charge in [-0.15, -0.1) is 0 Å². The van der Waals surface area contributed by atoms with Gasteiger partial charge in [-0.1, -0.05) is 41.9 Å². The third-order valence-electron chi connectivity index (χ3n) is 4.09. The Kier molecular flexibility index (Phi) is 5.64. The molecule has 1 N–H and O–H groups in total. The zero-order chi connectivity index (χ0) is 18.5. The highest BCUT2D eigenvalue weighted by molar-refractivity contribution is 6.32. The lowest BCUT2D eigenvalue weighted by molar-refractivity contribution is -0.127. The minimum atomic E-state index is -0.639. The van der Waals surface area contributed by atoms with Crippen molar-refractivity contribution in [3.05, 3.63) is 71.2 Å². The van der Waals surface area contributed by atoms with Gasteiger partial charge < -0.3 is 14.8 Å². The van der Waals surface area contributed by atoms with Crippen molar-refractivity contribution in [3.63, 3.8) is 0 Å². The molecule has 1 atom stereocenters. The molecule has 0 spiro atoms. The standard InChI is InChI=1S/C21H20ClNO3/c1-14(26-20-6-4-3-5-19(20)22)21(24)23-13-15-7-8-17-12-18(25-2)10-9-16(17)11-15/h3-12,14H,13H2,1-2H3,(H,23,24). The minimum Gasteiger partial charge on any atom is -0.497 e. The fourth-order valence-corrected chi connectivity index (χ4v) is 2.81. The van der Waals surface area contributed by atoms with Gasteiger partial charge in [0.2, 0.25) is 0 Å². The van der Waals surface area contributed by atoms with Gasteiger partial charge in [-0.2, -0.15) is 0 Å². The van der Waals surface area contributed by atoms with E-state index in [9.17, 15) is 4.79 Å². The third-order valence-corrected chi connectivity index (χ3v) is 4.40. The van der Waals surface area contributed by atoms with Crippen molar-refractivity contribution >= 4 is 28.3 Å². The maximum atomic E-state index is 12.3. The maximum Gasteiger partial charge on any atom is 0.261 e. The van der Waals surface area contributed by atoms with Gasteiger partial charge in [-0.3, -0.25) is 4.79 Å². The van der Waals surface area contributed by atoms with Crippen molar-refractivity contribution in [2.24, 2.45) is 0 Å². The largest absolute Gasteiger partial charge is 0.497 e.